The molecule has 6 nitrogen and oxygen atoms in total. The summed E-state index contributed by atoms with van der Waals surface area (Å²) in [6, 6.07) is 4.10. The van der Waals surface area contributed by atoms with Gasteiger partial charge in [0, 0.05) is 20.9 Å². The minimum Gasteiger partial charge on any atom is -0.469 e. The molecule has 0 radical (unpaired) electrons. The molecule has 1 N–H and O–H groups in total. The van der Waals surface area contributed by atoms with E-state index in [4.69, 9.17) is 0 Å². The topological polar surface area (TPSA) is 81.7 Å². The summed E-state index contributed by atoms with van der Waals surface area (Å²) in [5.74, 6) is -1.53. The van der Waals surface area contributed by atoms with Gasteiger partial charge in [-0.3, -0.25) is 9.59 Å². The molecule has 1 aromatic carbocycles. The third-order valence-corrected chi connectivity index (χ3v) is 3.70. The van der Waals surface area contributed by atoms with Gasteiger partial charge in [-0.15, -0.1) is 0 Å². The Kier molecular flexibility index (Phi) is 7.53. The van der Waals surface area contributed by atoms with E-state index in [-0.39, 0.29) is 12.8 Å². The fraction of sp³-hybridized carbons (Fsp3) is 0.357. The number of hydrogen-bond donors (Lipinski definition) is 1. The molecule has 0 aliphatic heterocycles. The average molecular weight is 437 g/mol. The first kappa shape index (κ1) is 18.6. The molecule has 1 rings (SSSR count). The van der Waals surface area contributed by atoms with E-state index in [1.54, 1.807) is 18.2 Å². The number of methoxy groups -OCH3 is 2. The maximum Gasteiger partial charge on any atom is 0.328 e. The van der Waals surface area contributed by atoms with E-state index in [0.29, 0.717) is 5.56 Å². The molecule has 0 saturated heterocycles. The first-order valence-electron chi connectivity index (χ1n) is 6.29. The summed E-state index contributed by atoms with van der Waals surface area (Å²) < 4.78 is 10.6. The molecule has 1 atom stereocenters. The highest BCUT2D eigenvalue weighted by atomic mass is 79.9. The Morgan fingerprint density at radius 1 is 1.09 bits per heavy atom. The van der Waals surface area contributed by atoms with E-state index in [1.807, 2.05) is 0 Å². The largest absolute Gasteiger partial charge is 0.469 e. The molecule has 0 aromatic heterocycles. The maximum absolute atomic E-state index is 12.2. The molecule has 0 aliphatic rings. The van der Waals surface area contributed by atoms with Crippen molar-refractivity contribution in [3.63, 3.8) is 0 Å². The van der Waals surface area contributed by atoms with Crippen LogP contribution in [0.2, 0.25) is 0 Å². The molecule has 0 heterocycles. The molecule has 1 aromatic rings. The van der Waals surface area contributed by atoms with Gasteiger partial charge in [0.2, 0.25) is 0 Å². The van der Waals surface area contributed by atoms with Gasteiger partial charge in [-0.2, -0.15) is 0 Å². The fourth-order valence-corrected chi connectivity index (χ4v) is 2.98. The Balaban J connectivity index is 2.81. The molecule has 0 spiro atoms. The zero-order valence-electron chi connectivity index (χ0n) is 12.0. The Morgan fingerprint density at radius 3 is 2.18 bits per heavy atom. The number of esters is 2. The van der Waals surface area contributed by atoms with Gasteiger partial charge in [0.25, 0.3) is 5.91 Å². The Morgan fingerprint density at radius 2 is 1.68 bits per heavy atom. The van der Waals surface area contributed by atoms with Gasteiger partial charge in [0.1, 0.15) is 6.04 Å². The smallest absolute Gasteiger partial charge is 0.328 e. The van der Waals surface area contributed by atoms with E-state index in [2.05, 4.69) is 46.7 Å². The van der Waals surface area contributed by atoms with Gasteiger partial charge < -0.3 is 14.8 Å². The van der Waals surface area contributed by atoms with Crippen LogP contribution in [0.5, 0.6) is 0 Å². The highest BCUT2D eigenvalue weighted by Gasteiger charge is 2.23. The number of rotatable bonds is 6. The zero-order valence-corrected chi connectivity index (χ0v) is 15.2. The van der Waals surface area contributed by atoms with Gasteiger partial charge >= 0.3 is 11.9 Å². The summed E-state index contributed by atoms with van der Waals surface area (Å²) >= 11 is 6.57. The van der Waals surface area contributed by atoms with Crippen molar-refractivity contribution in [2.75, 3.05) is 14.2 Å². The van der Waals surface area contributed by atoms with E-state index < -0.39 is 23.9 Å². The lowest BCUT2D eigenvalue weighted by molar-refractivity contribution is -0.144. The number of hydrogen-bond acceptors (Lipinski definition) is 5. The number of nitrogens with one attached hydrogen (secondary N) is 1. The molecule has 0 saturated carbocycles. The van der Waals surface area contributed by atoms with Crippen LogP contribution in [0.3, 0.4) is 0 Å². The van der Waals surface area contributed by atoms with Crippen molar-refractivity contribution in [2.45, 2.75) is 18.9 Å². The predicted molar refractivity (Wildman–Crippen MR) is 86.4 cm³/mol. The van der Waals surface area contributed by atoms with Crippen LogP contribution in [0.25, 0.3) is 0 Å². The van der Waals surface area contributed by atoms with Crippen LogP contribution in [0.15, 0.2) is 27.1 Å². The third kappa shape index (κ3) is 5.76. The highest BCUT2D eigenvalue weighted by molar-refractivity contribution is 9.11. The van der Waals surface area contributed by atoms with Crippen LogP contribution in [0.4, 0.5) is 0 Å². The van der Waals surface area contributed by atoms with Gasteiger partial charge in [0.15, 0.2) is 0 Å². The zero-order chi connectivity index (χ0) is 16.7. The van der Waals surface area contributed by atoms with Crippen molar-refractivity contribution >= 4 is 49.7 Å². The number of amides is 1. The molecule has 0 fully saturated rings. The first-order chi connectivity index (χ1) is 10.4. The first-order valence-corrected chi connectivity index (χ1v) is 7.87. The van der Waals surface area contributed by atoms with Crippen LogP contribution in [0, 0.1) is 0 Å². The number of benzene rings is 1. The minimum absolute atomic E-state index is 0.00126. The average Bonchev–Trinajstić information content (AvgIpc) is 2.48. The molecule has 120 valence electrons. The summed E-state index contributed by atoms with van der Waals surface area (Å²) in [5.41, 5.74) is 0.369. The van der Waals surface area contributed by atoms with E-state index >= 15 is 0 Å². The molecule has 0 unspecified atom stereocenters. The number of carbonyl (C=O) groups excluding carboxylic acids is 3. The fourth-order valence-electron chi connectivity index (χ4n) is 1.68. The highest BCUT2D eigenvalue weighted by Crippen LogP contribution is 2.20. The molecule has 1 amide bonds. The second kappa shape index (κ2) is 8.89. The molecule has 0 aliphatic carbocycles. The van der Waals surface area contributed by atoms with Crippen LogP contribution in [-0.4, -0.2) is 38.1 Å². The van der Waals surface area contributed by atoms with Crippen molar-refractivity contribution in [3.8, 4) is 0 Å². The quantitative estimate of drug-likeness (QED) is 0.692. The Labute approximate surface area is 144 Å². The van der Waals surface area contributed by atoms with Crippen molar-refractivity contribution in [2.24, 2.45) is 0 Å². The van der Waals surface area contributed by atoms with E-state index in [1.165, 1.54) is 14.2 Å². The van der Waals surface area contributed by atoms with Crippen LogP contribution in [-0.2, 0) is 19.1 Å². The van der Waals surface area contributed by atoms with Crippen molar-refractivity contribution in [3.05, 3.63) is 32.7 Å². The summed E-state index contributed by atoms with van der Waals surface area (Å²) in [6.07, 6.45) is 0.0962. The van der Waals surface area contributed by atoms with Crippen LogP contribution >= 0.6 is 31.9 Å². The SMILES string of the molecule is COC(=O)CC[C@@H](NC(=O)c1cc(Br)cc(Br)c1)C(=O)OC. The minimum atomic E-state index is -0.922. The summed E-state index contributed by atoms with van der Waals surface area (Å²) in [7, 11) is 2.47. The van der Waals surface area contributed by atoms with E-state index in [9.17, 15) is 14.4 Å². The second-order valence-electron chi connectivity index (χ2n) is 4.32. The summed E-state index contributed by atoms with van der Waals surface area (Å²) in [4.78, 5) is 35.1. The summed E-state index contributed by atoms with van der Waals surface area (Å²) in [5, 5.41) is 2.55. The van der Waals surface area contributed by atoms with Crippen LogP contribution in [0.1, 0.15) is 23.2 Å². The third-order valence-electron chi connectivity index (χ3n) is 2.78. The van der Waals surface area contributed by atoms with Crippen molar-refractivity contribution in [1.29, 1.82) is 0 Å². The molecule has 22 heavy (non-hydrogen) atoms. The molecular weight excluding hydrogens is 422 g/mol. The van der Waals surface area contributed by atoms with Gasteiger partial charge in [-0.05, 0) is 24.6 Å². The number of halogens is 2. The van der Waals surface area contributed by atoms with Gasteiger partial charge in [-0.25, -0.2) is 4.79 Å². The maximum atomic E-state index is 12.2. The molecule has 8 heteroatoms. The second-order valence-corrected chi connectivity index (χ2v) is 6.15. The molecular formula is C14H15Br2NO5. The van der Waals surface area contributed by atoms with E-state index in [0.717, 1.165) is 8.95 Å². The summed E-state index contributed by atoms with van der Waals surface area (Å²) in [6.45, 7) is 0. The standard InChI is InChI=1S/C14H15Br2NO5/c1-21-12(18)4-3-11(14(20)22-2)17-13(19)8-5-9(15)7-10(16)6-8/h5-7,11H,3-4H2,1-2H3,(H,17,19)/t11-/m1/s1. The molecule has 0 bridgehead atoms. The number of ether oxygens (including phenoxy) is 2. The Hall–Kier alpha value is -1.41. The monoisotopic (exact) mass is 435 g/mol. The van der Waals surface area contributed by atoms with Gasteiger partial charge in [0.05, 0.1) is 14.2 Å². The Bertz CT molecular complexity index is 556. The lowest BCUT2D eigenvalue weighted by atomic mass is 10.1. The lowest BCUT2D eigenvalue weighted by Crippen LogP contribution is -2.41. The number of carbonyl (C=O) groups is 3. The normalized spacial score (nSPS) is 11.5. The van der Waals surface area contributed by atoms with Crippen LogP contribution < -0.4 is 5.32 Å². The van der Waals surface area contributed by atoms with Gasteiger partial charge in [-0.1, -0.05) is 31.9 Å². The van der Waals surface area contributed by atoms with Crippen molar-refractivity contribution < 1.29 is 23.9 Å². The predicted octanol–water partition coefficient (Wildman–Crippen LogP) is 2.44. The lowest BCUT2D eigenvalue weighted by Gasteiger charge is -2.16. The van der Waals surface area contributed by atoms with Crippen molar-refractivity contribution in [1.82, 2.24) is 5.32 Å².